The Bertz CT molecular complexity index is 767. The van der Waals surface area contributed by atoms with E-state index in [2.05, 4.69) is 0 Å². The normalized spacial score (nSPS) is 23.4. The van der Waals surface area contributed by atoms with E-state index >= 15 is 0 Å². The zero-order valence-corrected chi connectivity index (χ0v) is 14.9. The predicted octanol–water partition coefficient (Wildman–Crippen LogP) is 2.88. The molecule has 1 aliphatic carbocycles. The van der Waals surface area contributed by atoms with Gasteiger partial charge >= 0.3 is 0 Å². The Morgan fingerprint density at radius 1 is 1.40 bits per heavy atom. The number of hydrogen-bond acceptors (Lipinski definition) is 4. The standard InChI is InChI=1S/C19H21ClN2O3/c1-11-15(10-18(21)23)16-9-14(25-2)7-8-17(16)22(11)19(24)12-3-5-13(20)6-4-12/h3-9,16-17,19,24H,10H2,1-2H3,(H2,21,23)/t16?,17-,19-/m0/s1. The first-order chi connectivity index (χ1) is 11.9. The van der Waals surface area contributed by atoms with Crippen LogP contribution in [0.4, 0.5) is 0 Å². The summed E-state index contributed by atoms with van der Waals surface area (Å²) in [6.07, 6.45) is 5.14. The van der Waals surface area contributed by atoms with Crippen molar-refractivity contribution in [2.45, 2.75) is 25.6 Å². The molecule has 2 aliphatic rings. The van der Waals surface area contributed by atoms with Crippen molar-refractivity contribution in [1.82, 2.24) is 4.90 Å². The summed E-state index contributed by atoms with van der Waals surface area (Å²) >= 11 is 5.94. The summed E-state index contributed by atoms with van der Waals surface area (Å²) in [5.74, 6) is 0.283. The number of carbonyl (C=O) groups excluding carboxylic acids is 1. The maximum absolute atomic E-state index is 11.5. The number of carbonyl (C=O) groups is 1. The van der Waals surface area contributed by atoms with Crippen LogP contribution in [0.2, 0.25) is 5.02 Å². The molecule has 132 valence electrons. The Balaban J connectivity index is 1.99. The van der Waals surface area contributed by atoms with E-state index in [1.165, 1.54) is 0 Å². The van der Waals surface area contributed by atoms with Gasteiger partial charge in [-0.05, 0) is 36.8 Å². The number of aliphatic hydroxyl groups is 1. The number of nitrogens with zero attached hydrogens (tertiary/aromatic N) is 1. The molecule has 0 aromatic heterocycles. The van der Waals surface area contributed by atoms with Gasteiger partial charge in [-0.25, -0.2) is 0 Å². The minimum atomic E-state index is -0.850. The van der Waals surface area contributed by atoms with Crippen LogP contribution in [0.15, 0.2) is 59.5 Å². The highest BCUT2D eigenvalue weighted by Gasteiger charge is 2.41. The number of halogens is 1. The predicted molar refractivity (Wildman–Crippen MR) is 96.3 cm³/mol. The number of rotatable bonds is 5. The minimum Gasteiger partial charge on any atom is -0.497 e. The molecule has 3 rings (SSSR count). The molecule has 1 aliphatic heterocycles. The number of amides is 1. The lowest BCUT2D eigenvalue weighted by Crippen LogP contribution is -2.36. The van der Waals surface area contributed by atoms with E-state index in [9.17, 15) is 9.90 Å². The summed E-state index contributed by atoms with van der Waals surface area (Å²) in [6.45, 7) is 1.91. The molecule has 1 aromatic rings. The molecule has 1 heterocycles. The van der Waals surface area contributed by atoms with E-state index in [0.29, 0.717) is 5.02 Å². The molecule has 0 fully saturated rings. The summed E-state index contributed by atoms with van der Waals surface area (Å²) in [5.41, 5.74) is 7.93. The van der Waals surface area contributed by atoms with Gasteiger partial charge in [-0.1, -0.05) is 29.8 Å². The molecule has 6 heteroatoms. The van der Waals surface area contributed by atoms with Gasteiger partial charge in [0.05, 0.1) is 13.2 Å². The second kappa shape index (κ2) is 6.94. The maximum Gasteiger partial charge on any atom is 0.221 e. The number of benzene rings is 1. The highest BCUT2D eigenvalue weighted by molar-refractivity contribution is 6.30. The fourth-order valence-corrected chi connectivity index (χ4v) is 3.68. The molecule has 0 spiro atoms. The second-order valence-corrected chi connectivity index (χ2v) is 6.67. The third-order valence-corrected chi connectivity index (χ3v) is 5.03. The third kappa shape index (κ3) is 3.30. The summed E-state index contributed by atoms with van der Waals surface area (Å²) < 4.78 is 5.32. The van der Waals surface area contributed by atoms with E-state index in [0.717, 1.165) is 22.6 Å². The van der Waals surface area contributed by atoms with E-state index in [1.807, 2.05) is 30.1 Å². The minimum absolute atomic E-state index is 0.0607. The van der Waals surface area contributed by atoms with Crippen molar-refractivity contribution in [3.8, 4) is 0 Å². The molecule has 0 bridgehead atoms. The number of ether oxygens (including phenoxy) is 1. The Kier molecular flexibility index (Phi) is 4.88. The van der Waals surface area contributed by atoms with E-state index < -0.39 is 12.1 Å². The van der Waals surface area contributed by atoms with Crippen LogP contribution in [-0.2, 0) is 9.53 Å². The molecule has 3 N–H and O–H groups in total. The SMILES string of the molecule is COC1=CC2C(CC(N)=O)=C(C)N([C@@H](O)c3ccc(Cl)cc3)[C@H]2C=C1. The fourth-order valence-electron chi connectivity index (χ4n) is 3.56. The van der Waals surface area contributed by atoms with E-state index in [-0.39, 0.29) is 18.4 Å². The van der Waals surface area contributed by atoms with Crippen LogP contribution < -0.4 is 5.73 Å². The van der Waals surface area contributed by atoms with Gasteiger partial charge < -0.3 is 20.5 Å². The van der Waals surface area contributed by atoms with Gasteiger partial charge in [-0.3, -0.25) is 4.79 Å². The molecule has 1 aromatic carbocycles. The lowest BCUT2D eigenvalue weighted by Gasteiger charge is -2.34. The van der Waals surface area contributed by atoms with Crippen molar-refractivity contribution < 1.29 is 14.6 Å². The smallest absolute Gasteiger partial charge is 0.221 e. The topological polar surface area (TPSA) is 75.8 Å². The van der Waals surface area contributed by atoms with Crippen LogP contribution >= 0.6 is 11.6 Å². The van der Waals surface area contributed by atoms with Crippen molar-refractivity contribution >= 4 is 17.5 Å². The first-order valence-corrected chi connectivity index (χ1v) is 8.44. The molecule has 1 amide bonds. The van der Waals surface area contributed by atoms with Crippen LogP contribution in [0.1, 0.15) is 25.1 Å². The van der Waals surface area contributed by atoms with Gasteiger partial charge in [-0.15, -0.1) is 0 Å². The van der Waals surface area contributed by atoms with Gasteiger partial charge in [-0.2, -0.15) is 0 Å². The fraction of sp³-hybridized carbons (Fsp3) is 0.316. The van der Waals surface area contributed by atoms with E-state index in [4.69, 9.17) is 22.1 Å². The van der Waals surface area contributed by atoms with Gasteiger partial charge in [0.2, 0.25) is 5.91 Å². The molecule has 5 nitrogen and oxygen atoms in total. The summed E-state index contributed by atoms with van der Waals surface area (Å²) in [4.78, 5) is 13.4. The van der Waals surface area contributed by atoms with Gasteiger partial charge in [0, 0.05) is 28.6 Å². The van der Waals surface area contributed by atoms with Crippen molar-refractivity contribution in [2.24, 2.45) is 11.7 Å². The van der Waals surface area contributed by atoms with Crippen LogP contribution in [0.25, 0.3) is 0 Å². The first-order valence-electron chi connectivity index (χ1n) is 8.06. The zero-order valence-electron chi connectivity index (χ0n) is 14.1. The highest BCUT2D eigenvalue weighted by atomic mass is 35.5. The number of fused-ring (bicyclic) bond motifs is 1. The van der Waals surface area contributed by atoms with Crippen molar-refractivity contribution in [3.63, 3.8) is 0 Å². The first kappa shape index (κ1) is 17.6. The quantitative estimate of drug-likeness (QED) is 0.846. The Hall–Kier alpha value is -2.24. The monoisotopic (exact) mass is 360 g/mol. The van der Waals surface area contributed by atoms with Crippen molar-refractivity contribution in [2.75, 3.05) is 7.11 Å². The van der Waals surface area contributed by atoms with Crippen LogP contribution in [0.5, 0.6) is 0 Å². The Morgan fingerprint density at radius 2 is 2.08 bits per heavy atom. The Labute approximate surface area is 152 Å². The van der Waals surface area contributed by atoms with Crippen molar-refractivity contribution in [3.05, 3.63) is 70.1 Å². The maximum atomic E-state index is 11.5. The van der Waals surface area contributed by atoms with Gasteiger partial charge in [0.25, 0.3) is 0 Å². The second-order valence-electron chi connectivity index (χ2n) is 6.23. The molecule has 0 saturated heterocycles. The molecule has 3 atom stereocenters. The number of aliphatic hydroxyl groups excluding tert-OH is 1. The Morgan fingerprint density at radius 3 is 2.68 bits per heavy atom. The zero-order chi connectivity index (χ0) is 18.1. The number of allylic oxidation sites excluding steroid dienone is 2. The number of methoxy groups -OCH3 is 1. The average Bonchev–Trinajstić information content (AvgIpc) is 2.86. The van der Waals surface area contributed by atoms with Crippen LogP contribution in [0.3, 0.4) is 0 Å². The highest BCUT2D eigenvalue weighted by Crippen LogP contribution is 2.44. The molecular weight excluding hydrogens is 340 g/mol. The lowest BCUT2D eigenvalue weighted by atomic mass is 9.88. The summed E-state index contributed by atoms with van der Waals surface area (Å²) in [7, 11) is 1.61. The van der Waals surface area contributed by atoms with Crippen LogP contribution in [-0.4, -0.2) is 29.1 Å². The number of primary amides is 1. The molecular formula is C19H21ClN2O3. The molecule has 0 radical (unpaired) electrons. The van der Waals surface area contributed by atoms with Gasteiger partial charge in [0.15, 0.2) is 6.23 Å². The average molecular weight is 361 g/mol. The van der Waals surface area contributed by atoms with E-state index in [1.54, 1.807) is 31.4 Å². The molecule has 0 saturated carbocycles. The largest absolute Gasteiger partial charge is 0.497 e. The number of nitrogens with two attached hydrogens (primary N) is 1. The van der Waals surface area contributed by atoms with Gasteiger partial charge in [0.1, 0.15) is 5.76 Å². The summed E-state index contributed by atoms with van der Waals surface area (Å²) in [6, 6.07) is 6.99. The third-order valence-electron chi connectivity index (χ3n) is 4.78. The lowest BCUT2D eigenvalue weighted by molar-refractivity contribution is -0.117. The molecule has 25 heavy (non-hydrogen) atoms. The molecule has 1 unspecified atom stereocenters. The number of hydrogen-bond donors (Lipinski definition) is 2. The van der Waals surface area contributed by atoms with Crippen molar-refractivity contribution in [1.29, 1.82) is 0 Å². The van der Waals surface area contributed by atoms with Crippen LogP contribution in [0, 0.1) is 5.92 Å². The summed E-state index contributed by atoms with van der Waals surface area (Å²) in [5, 5.41) is 11.6.